The van der Waals surface area contributed by atoms with Crippen molar-refractivity contribution in [2.45, 2.75) is 6.92 Å². The molecule has 1 aromatic heterocycles. The fourth-order valence-corrected chi connectivity index (χ4v) is 1.57. The molecule has 5 heteroatoms. The second kappa shape index (κ2) is 6.88. The van der Waals surface area contributed by atoms with E-state index in [4.69, 9.17) is 0 Å². The van der Waals surface area contributed by atoms with Crippen molar-refractivity contribution >= 4 is 30.5 Å². The van der Waals surface area contributed by atoms with Crippen molar-refractivity contribution < 1.29 is 0 Å². The Morgan fingerprint density at radius 2 is 1.87 bits per heavy atom. The number of anilines is 1. The molecule has 15 heavy (non-hydrogen) atoms. The summed E-state index contributed by atoms with van der Waals surface area (Å²) in [5.41, 5.74) is 2.32. The molecular weight excluding hydrogens is 233 g/mol. The third-order valence-corrected chi connectivity index (χ3v) is 2.38. The maximum absolute atomic E-state index is 4.29. The summed E-state index contributed by atoms with van der Waals surface area (Å²) in [7, 11) is 0. The summed E-state index contributed by atoms with van der Waals surface area (Å²) in [5, 5.41) is 3.33. The first-order valence-electron chi connectivity index (χ1n) is 4.74. The van der Waals surface area contributed by atoms with Gasteiger partial charge in [0.1, 0.15) is 0 Å². The van der Waals surface area contributed by atoms with E-state index in [0.717, 1.165) is 31.9 Å². The normalized spacial score (nSPS) is 15.1. The molecule has 1 fully saturated rings. The van der Waals surface area contributed by atoms with E-state index >= 15 is 0 Å². The summed E-state index contributed by atoms with van der Waals surface area (Å²) in [6.07, 6.45) is 1.96. The van der Waals surface area contributed by atoms with Gasteiger partial charge in [0.25, 0.3) is 0 Å². The van der Waals surface area contributed by atoms with Gasteiger partial charge in [0.05, 0.1) is 11.9 Å². The highest BCUT2D eigenvalue weighted by molar-refractivity contribution is 5.85. The quantitative estimate of drug-likeness (QED) is 0.821. The van der Waals surface area contributed by atoms with Crippen LogP contribution in [0, 0.1) is 6.92 Å². The predicted molar refractivity (Wildman–Crippen MR) is 68.6 cm³/mol. The van der Waals surface area contributed by atoms with Gasteiger partial charge < -0.3 is 10.2 Å². The molecule has 0 aromatic carbocycles. The van der Waals surface area contributed by atoms with E-state index in [-0.39, 0.29) is 24.8 Å². The minimum atomic E-state index is 0. The highest BCUT2D eigenvalue weighted by atomic mass is 35.5. The smallest absolute Gasteiger partial charge is 0.0553 e. The van der Waals surface area contributed by atoms with Crippen molar-refractivity contribution in [2.24, 2.45) is 0 Å². The average molecular weight is 250 g/mol. The minimum Gasteiger partial charge on any atom is -0.368 e. The average Bonchev–Trinajstić information content (AvgIpc) is 2.20. The number of piperazine rings is 1. The number of nitrogens with zero attached hydrogens (tertiary/aromatic N) is 2. The van der Waals surface area contributed by atoms with Crippen molar-refractivity contribution in [2.75, 3.05) is 31.1 Å². The molecule has 0 saturated carbocycles. The highest BCUT2D eigenvalue weighted by Crippen LogP contribution is 2.12. The molecule has 0 unspecified atom stereocenters. The summed E-state index contributed by atoms with van der Waals surface area (Å²) in [5.74, 6) is 0. The number of pyridine rings is 1. The van der Waals surface area contributed by atoms with E-state index in [2.05, 4.69) is 27.3 Å². The SMILES string of the molecule is Cc1ccc(N2CCNCC2)cn1.Cl.Cl. The maximum Gasteiger partial charge on any atom is 0.0553 e. The zero-order valence-electron chi connectivity index (χ0n) is 8.77. The Morgan fingerprint density at radius 3 is 2.40 bits per heavy atom. The molecular formula is C10H17Cl2N3. The van der Waals surface area contributed by atoms with Crippen LogP contribution in [0.5, 0.6) is 0 Å². The lowest BCUT2D eigenvalue weighted by atomic mass is 10.3. The van der Waals surface area contributed by atoms with Gasteiger partial charge in [-0.2, -0.15) is 0 Å². The van der Waals surface area contributed by atoms with Crippen LogP contribution in [0.2, 0.25) is 0 Å². The third kappa shape index (κ3) is 3.86. The van der Waals surface area contributed by atoms with Gasteiger partial charge in [0, 0.05) is 31.9 Å². The number of halogens is 2. The largest absolute Gasteiger partial charge is 0.368 e. The standard InChI is InChI=1S/C10H15N3.2ClH/c1-9-2-3-10(8-12-9)13-6-4-11-5-7-13;;/h2-3,8,11H,4-7H2,1H3;2*1H. The van der Waals surface area contributed by atoms with Gasteiger partial charge >= 0.3 is 0 Å². The Bertz CT molecular complexity index is 271. The third-order valence-electron chi connectivity index (χ3n) is 2.38. The van der Waals surface area contributed by atoms with E-state index in [0.29, 0.717) is 0 Å². The molecule has 0 bridgehead atoms. The molecule has 86 valence electrons. The zero-order valence-corrected chi connectivity index (χ0v) is 10.4. The van der Waals surface area contributed by atoms with Gasteiger partial charge in [-0.3, -0.25) is 4.98 Å². The van der Waals surface area contributed by atoms with Gasteiger partial charge in [0.15, 0.2) is 0 Å². The summed E-state index contributed by atoms with van der Waals surface area (Å²) in [6.45, 7) is 6.35. The van der Waals surface area contributed by atoms with E-state index < -0.39 is 0 Å². The highest BCUT2D eigenvalue weighted by Gasteiger charge is 2.09. The first-order chi connectivity index (χ1) is 6.36. The molecule has 1 aliphatic rings. The van der Waals surface area contributed by atoms with Crippen LogP contribution in [0.25, 0.3) is 0 Å². The molecule has 0 spiro atoms. The Balaban J connectivity index is 0.000000980. The molecule has 3 nitrogen and oxygen atoms in total. The molecule has 2 rings (SSSR count). The van der Waals surface area contributed by atoms with E-state index in [9.17, 15) is 0 Å². The lowest BCUT2D eigenvalue weighted by Gasteiger charge is -2.29. The Hall–Kier alpha value is -0.510. The maximum atomic E-state index is 4.29. The molecule has 1 aliphatic heterocycles. The van der Waals surface area contributed by atoms with E-state index in [1.54, 1.807) is 0 Å². The van der Waals surface area contributed by atoms with Crippen molar-refractivity contribution in [1.29, 1.82) is 0 Å². The summed E-state index contributed by atoms with van der Waals surface area (Å²) in [4.78, 5) is 6.66. The Kier molecular flexibility index (Phi) is 6.65. The molecule has 0 atom stereocenters. The fourth-order valence-electron chi connectivity index (χ4n) is 1.57. The monoisotopic (exact) mass is 249 g/mol. The lowest BCUT2D eigenvalue weighted by molar-refractivity contribution is 0.588. The van der Waals surface area contributed by atoms with Crippen LogP contribution in [0.4, 0.5) is 5.69 Å². The first kappa shape index (κ1) is 14.5. The molecule has 0 aliphatic carbocycles. The fraction of sp³-hybridized carbons (Fsp3) is 0.500. The molecule has 1 saturated heterocycles. The number of nitrogens with one attached hydrogen (secondary N) is 1. The first-order valence-corrected chi connectivity index (χ1v) is 4.74. The second-order valence-electron chi connectivity index (χ2n) is 3.39. The molecule has 2 heterocycles. The van der Waals surface area contributed by atoms with Crippen molar-refractivity contribution in [3.63, 3.8) is 0 Å². The topological polar surface area (TPSA) is 28.2 Å². The van der Waals surface area contributed by atoms with Crippen LogP contribution in [0.15, 0.2) is 18.3 Å². The van der Waals surface area contributed by atoms with Crippen LogP contribution in [-0.4, -0.2) is 31.2 Å². The number of hydrogen-bond acceptors (Lipinski definition) is 3. The van der Waals surface area contributed by atoms with E-state index in [1.807, 2.05) is 13.1 Å². The summed E-state index contributed by atoms with van der Waals surface area (Å²) < 4.78 is 0. The van der Waals surface area contributed by atoms with Gasteiger partial charge in [-0.25, -0.2) is 0 Å². The predicted octanol–water partition coefficient (Wildman–Crippen LogP) is 1.64. The Morgan fingerprint density at radius 1 is 1.20 bits per heavy atom. The van der Waals surface area contributed by atoms with Crippen LogP contribution in [0.3, 0.4) is 0 Å². The lowest BCUT2D eigenvalue weighted by Crippen LogP contribution is -2.43. The van der Waals surface area contributed by atoms with Crippen LogP contribution < -0.4 is 10.2 Å². The van der Waals surface area contributed by atoms with Crippen molar-refractivity contribution in [1.82, 2.24) is 10.3 Å². The van der Waals surface area contributed by atoms with Gasteiger partial charge in [-0.15, -0.1) is 24.8 Å². The zero-order chi connectivity index (χ0) is 9.10. The molecule has 0 radical (unpaired) electrons. The number of aromatic nitrogens is 1. The number of aryl methyl sites for hydroxylation is 1. The molecule has 1 N–H and O–H groups in total. The Labute approximate surface area is 103 Å². The minimum absolute atomic E-state index is 0. The van der Waals surface area contributed by atoms with Crippen molar-refractivity contribution in [3.8, 4) is 0 Å². The van der Waals surface area contributed by atoms with Crippen LogP contribution >= 0.6 is 24.8 Å². The molecule has 0 amide bonds. The van der Waals surface area contributed by atoms with E-state index in [1.165, 1.54) is 5.69 Å². The number of rotatable bonds is 1. The molecule has 1 aromatic rings. The van der Waals surface area contributed by atoms with Gasteiger partial charge in [-0.1, -0.05) is 0 Å². The number of hydrogen-bond donors (Lipinski definition) is 1. The van der Waals surface area contributed by atoms with Crippen LogP contribution in [0.1, 0.15) is 5.69 Å². The van der Waals surface area contributed by atoms with Crippen molar-refractivity contribution in [3.05, 3.63) is 24.0 Å². The van der Waals surface area contributed by atoms with Crippen LogP contribution in [-0.2, 0) is 0 Å². The summed E-state index contributed by atoms with van der Waals surface area (Å²) in [6, 6.07) is 4.21. The van der Waals surface area contributed by atoms with Gasteiger partial charge in [0.2, 0.25) is 0 Å². The van der Waals surface area contributed by atoms with Gasteiger partial charge in [-0.05, 0) is 19.1 Å². The summed E-state index contributed by atoms with van der Waals surface area (Å²) >= 11 is 0. The second-order valence-corrected chi connectivity index (χ2v) is 3.39.